The van der Waals surface area contributed by atoms with Gasteiger partial charge in [0.15, 0.2) is 0 Å². The van der Waals surface area contributed by atoms with Crippen LogP contribution in [0.3, 0.4) is 0 Å². The first-order valence-electron chi connectivity index (χ1n) is 7.20. The minimum absolute atomic E-state index is 0.0144. The molecule has 19 heavy (non-hydrogen) atoms. The molecule has 0 saturated heterocycles. The Morgan fingerprint density at radius 3 is 2.84 bits per heavy atom. The van der Waals surface area contributed by atoms with Crippen LogP contribution >= 0.6 is 0 Å². The standard InChI is InChI=1S/C15H24N2O2/c1-12(10-16-2)15(18)17(13-6-3-4-7-13)11-14-8-5-9-19-14/h5,8-9,12-13,16H,3-4,6-7,10-11H2,1-2H3. The van der Waals surface area contributed by atoms with Gasteiger partial charge in [0, 0.05) is 18.5 Å². The Labute approximate surface area is 115 Å². The van der Waals surface area contributed by atoms with Crippen molar-refractivity contribution in [2.24, 2.45) is 5.92 Å². The smallest absolute Gasteiger partial charge is 0.227 e. The van der Waals surface area contributed by atoms with Crippen molar-refractivity contribution in [1.82, 2.24) is 10.2 Å². The monoisotopic (exact) mass is 264 g/mol. The molecule has 1 aromatic heterocycles. The lowest BCUT2D eigenvalue weighted by atomic mass is 10.1. The fourth-order valence-corrected chi connectivity index (χ4v) is 2.85. The molecule has 1 saturated carbocycles. The van der Waals surface area contributed by atoms with E-state index in [9.17, 15) is 4.79 Å². The van der Waals surface area contributed by atoms with Gasteiger partial charge in [0.05, 0.1) is 12.8 Å². The van der Waals surface area contributed by atoms with Gasteiger partial charge in [-0.1, -0.05) is 19.8 Å². The van der Waals surface area contributed by atoms with E-state index in [-0.39, 0.29) is 11.8 Å². The highest BCUT2D eigenvalue weighted by Gasteiger charge is 2.29. The van der Waals surface area contributed by atoms with Crippen molar-refractivity contribution in [3.05, 3.63) is 24.2 Å². The van der Waals surface area contributed by atoms with E-state index in [0.29, 0.717) is 12.6 Å². The molecule has 0 radical (unpaired) electrons. The molecule has 4 nitrogen and oxygen atoms in total. The molecule has 0 aromatic carbocycles. The highest BCUT2D eigenvalue weighted by Crippen LogP contribution is 2.26. The van der Waals surface area contributed by atoms with Gasteiger partial charge in [0.25, 0.3) is 0 Å². The molecule has 1 amide bonds. The number of carbonyl (C=O) groups is 1. The third-order valence-electron chi connectivity index (χ3n) is 3.89. The average Bonchev–Trinajstić information content (AvgIpc) is 3.08. The Kier molecular flexibility index (Phi) is 5.02. The Hall–Kier alpha value is -1.29. The van der Waals surface area contributed by atoms with Gasteiger partial charge in [0.2, 0.25) is 5.91 Å². The van der Waals surface area contributed by atoms with Crippen molar-refractivity contribution >= 4 is 5.91 Å². The summed E-state index contributed by atoms with van der Waals surface area (Å²) in [7, 11) is 1.89. The first kappa shape index (κ1) is 14.1. The number of amides is 1. The van der Waals surface area contributed by atoms with Gasteiger partial charge in [-0.3, -0.25) is 4.79 Å². The maximum absolute atomic E-state index is 12.6. The van der Waals surface area contributed by atoms with Crippen LogP contribution in [0.5, 0.6) is 0 Å². The average molecular weight is 264 g/mol. The molecule has 1 fully saturated rings. The molecular formula is C15H24N2O2. The number of hydrogen-bond donors (Lipinski definition) is 1. The molecule has 1 heterocycles. The van der Waals surface area contributed by atoms with Crippen LogP contribution in [0.25, 0.3) is 0 Å². The van der Waals surface area contributed by atoms with Crippen LogP contribution in [0.2, 0.25) is 0 Å². The van der Waals surface area contributed by atoms with Crippen molar-refractivity contribution in [2.45, 2.75) is 45.2 Å². The van der Waals surface area contributed by atoms with Crippen LogP contribution in [0.4, 0.5) is 0 Å². The molecule has 4 heteroatoms. The first-order valence-corrected chi connectivity index (χ1v) is 7.20. The Balaban J connectivity index is 2.06. The maximum Gasteiger partial charge on any atom is 0.227 e. The molecule has 1 aromatic rings. The Morgan fingerprint density at radius 1 is 1.53 bits per heavy atom. The molecule has 1 unspecified atom stereocenters. The molecule has 1 atom stereocenters. The predicted molar refractivity (Wildman–Crippen MR) is 74.6 cm³/mol. The maximum atomic E-state index is 12.6. The summed E-state index contributed by atoms with van der Waals surface area (Å²) in [5.74, 6) is 1.12. The van der Waals surface area contributed by atoms with E-state index in [1.54, 1.807) is 6.26 Å². The van der Waals surface area contributed by atoms with Gasteiger partial charge in [-0.25, -0.2) is 0 Å². The fraction of sp³-hybridized carbons (Fsp3) is 0.667. The number of furan rings is 1. The van der Waals surface area contributed by atoms with Gasteiger partial charge in [-0.05, 0) is 32.0 Å². The second-order valence-corrected chi connectivity index (χ2v) is 5.44. The van der Waals surface area contributed by atoms with Crippen LogP contribution in [-0.4, -0.2) is 30.4 Å². The highest BCUT2D eigenvalue weighted by molar-refractivity contribution is 5.79. The van der Waals surface area contributed by atoms with E-state index in [1.807, 2.05) is 31.0 Å². The van der Waals surface area contributed by atoms with Crippen molar-refractivity contribution in [3.8, 4) is 0 Å². The first-order chi connectivity index (χ1) is 9.22. The summed E-state index contributed by atoms with van der Waals surface area (Å²) < 4.78 is 5.40. The zero-order valence-electron chi connectivity index (χ0n) is 11.9. The van der Waals surface area contributed by atoms with Crippen molar-refractivity contribution in [2.75, 3.05) is 13.6 Å². The number of carbonyl (C=O) groups excluding carboxylic acids is 1. The van der Waals surface area contributed by atoms with Gasteiger partial charge < -0.3 is 14.6 Å². The Bertz CT molecular complexity index is 383. The third-order valence-corrected chi connectivity index (χ3v) is 3.89. The molecular weight excluding hydrogens is 240 g/mol. The van der Waals surface area contributed by atoms with E-state index in [0.717, 1.165) is 25.1 Å². The quantitative estimate of drug-likeness (QED) is 0.858. The van der Waals surface area contributed by atoms with E-state index in [4.69, 9.17) is 4.42 Å². The summed E-state index contributed by atoms with van der Waals surface area (Å²) >= 11 is 0. The van der Waals surface area contributed by atoms with Crippen LogP contribution < -0.4 is 5.32 Å². The Morgan fingerprint density at radius 2 is 2.26 bits per heavy atom. The van der Waals surface area contributed by atoms with Crippen LogP contribution in [0.15, 0.2) is 22.8 Å². The highest BCUT2D eigenvalue weighted by atomic mass is 16.3. The zero-order valence-corrected chi connectivity index (χ0v) is 11.9. The van der Waals surface area contributed by atoms with E-state index in [2.05, 4.69) is 5.32 Å². The molecule has 0 spiro atoms. The van der Waals surface area contributed by atoms with E-state index >= 15 is 0 Å². The minimum Gasteiger partial charge on any atom is -0.467 e. The molecule has 106 valence electrons. The summed E-state index contributed by atoms with van der Waals surface area (Å²) in [6.07, 6.45) is 6.38. The van der Waals surface area contributed by atoms with Crippen molar-refractivity contribution < 1.29 is 9.21 Å². The molecule has 0 bridgehead atoms. The third kappa shape index (κ3) is 3.60. The van der Waals surface area contributed by atoms with Crippen LogP contribution in [-0.2, 0) is 11.3 Å². The number of nitrogens with zero attached hydrogens (tertiary/aromatic N) is 1. The lowest BCUT2D eigenvalue weighted by molar-refractivity contribution is -0.138. The van der Waals surface area contributed by atoms with Gasteiger partial charge in [-0.2, -0.15) is 0 Å². The van der Waals surface area contributed by atoms with Crippen molar-refractivity contribution in [3.63, 3.8) is 0 Å². The van der Waals surface area contributed by atoms with Gasteiger partial charge >= 0.3 is 0 Å². The van der Waals surface area contributed by atoms with Gasteiger partial charge in [0.1, 0.15) is 5.76 Å². The summed E-state index contributed by atoms with van der Waals surface area (Å²) in [6.45, 7) is 3.31. The topological polar surface area (TPSA) is 45.5 Å². The summed E-state index contributed by atoms with van der Waals surface area (Å²) in [5.41, 5.74) is 0. The molecule has 1 aliphatic carbocycles. The summed E-state index contributed by atoms with van der Waals surface area (Å²) in [4.78, 5) is 14.6. The lowest BCUT2D eigenvalue weighted by Crippen LogP contribution is -2.43. The minimum atomic E-state index is 0.0144. The predicted octanol–water partition coefficient (Wildman–Crippen LogP) is 2.41. The number of nitrogens with one attached hydrogen (secondary N) is 1. The SMILES string of the molecule is CNCC(C)C(=O)N(Cc1ccco1)C1CCCC1. The second kappa shape index (κ2) is 6.75. The zero-order chi connectivity index (χ0) is 13.7. The molecule has 1 N–H and O–H groups in total. The molecule has 1 aliphatic rings. The van der Waals surface area contributed by atoms with Crippen LogP contribution in [0, 0.1) is 5.92 Å². The molecule has 0 aliphatic heterocycles. The van der Waals surface area contributed by atoms with E-state index in [1.165, 1.54) is 12.8 Å². The lowest BCUT2D eigenvalue weighted by Gasteiger charge is -2.30. The fourth-order valence-electron chi connectivity index (χ4n) is 2.85. The summed E-state index contributed by atoms with van der Waals surface area (Å²) in [5, 5.41) is 3.08. The number of hydrogen-bond acceptors (Lipinski definition) is 3. The van der Waals surface area contributed by atoms with Gasteiger partial charge in [-0.15, -0.1) is 0 Å². The van der Waals surface area contributed by atoms with E-state index < -0.39 is 0 Å². The summed E-state index contributed by atoms with van der Waals surface area (Å²) in [6, 6.07) is 4.21. The van der Waals surface area contributed by atoms with Crippen LogP contribution in [0.1, 0.15) is 38.4 Å². The second-order valence-electron chi connectivity index (χ2n) is 5.44. The largest absolute Gasteiger partial charge is 0.467 e. The van der Waals surface area contributed by atoms with Crippen molar-refractivity contribution in [1.29, 1.82) is 0 Å². The normalized spacial score (nSPS) is 17.6. The molecule has 2 rings (SSSR count). The number of rotatable bonds is 6.